The molecule has 0 aromatic carbocycles. The number of anilines is 2. The van der Waals surface area contributed by atoms with Crippen molar-refractivity contribution in [2.24, 2.45) is 5.41 Å². The highest BCUT2D eigenvalue weighted by Gasteiger charge is 2.42. The molecule has 1 saturated carbocycles. The summed E-state index contributed by atoms with van der Waals surface area (Å²) in [5, 5.41) is 0.710. The lowest BCUT2D eigenvalue weighted by molar-refractivity contribution is -0.140. The molecule has 2 saturated heterocycles. The summed E-state index contributed by atoms with van der Waals surface area (Å²) in [5.74, 6) is 0.672. The van der Waals surface area contributed by atoms with E-state index in [0.29, 0.717) is 42.2 Å². The second-order valence-electron chi connectivity index (χ2n) is 15.2. The van der Waals surface area contributed by atoms with Gasteiger partial charge in [-0.3, -0.25) is 4.90 Å². The van der Waals surface area contributed by atoms with Crippen molar-refractivity contribution in [3.8, 4) is 16.6 Å². The Hall–Kier alpha value is -3.20. The Bertz CT molecular complexity index is 1510. The number of likely N-dealkylation sites (tertiary alicyclic amines) is 1. The number of amides is 1. The van der Waals surface area contributed by atoms with Gasteiger partial charge >= 0.3 is 12.1 Å². The fourth-order valence-electron chi connectivity index (χ4n) is 5.77. The van der Waals surface area contributed by atoms with E-state index in [1.54, 1.807) is 11.1 Å². The van der Waals surface area contributed by atoms with Crippen molar-refractivity contribution in [1.29, 1.82) is 0 Å². The number of thiazole rings is 1. The fourth-order valence-corrected chi connectivity index (χ4v) is 7.40. The van der Waals surface area contributed by atoms with Gasteiger partial charge in [0, 0.05) is 63.9 Å². The third-order valence-electron chi connectivity index (χ3n) is 8.81. The molecule has 14 heteroatoms. The maximum absolute atomic E-state index is 12.4. The minimum atomic E-state index is -1.26. The lowest BCUT2D eigenvalue weighted by Gasteiger charge is -2.45. The molecule has 0 atom stereocenters. The van der Waals surface area contributed by atoms with Crippen LogP contribution < -0.4 is 9.64 Å². The predicted octanol–water partition coefficient (Wildman–Crippen LogP) is 6.51. The zero-order valence-electron chi connectivity index (χ0n) is 28.4. The molecule has 3 aromatic rings. The van der Waals surface area contributed by atoms with E-state index in [2.05, 4.69) is 24.6 Å². The topological polar surface area (TPSA) is 125 Å². The maximum Gasteiger partial charge on any atom is 0.410 e. The van der Waals surface area contributed by atoms with Crippen LogP contribution in [0.2, 0.25) is 25.7 Å². The monoisotopic (exact) mass is 681 g/mol. The van der Waals surface area contributed by atoms with Crippen molar-refractivity contribution in [2.75, 3.05) is 44.5 Å². The normalized spacial score (nSPS) is 18.5. The van der Waals surface area contributed by atoms with Gasteiger partial charge < -0.3 is 23.8 Å². The van der Waals surface area contributed by atoms with Gasteiger partial charge in [0.05, 0.1) is 23.8 Å². The first-order chi connectivity index (χ1) is 22.3. The molecule has 2 aliphatic heterocycles. The third kappa shape index (κ3) is 8.64. The van der Waals surface area contributed by atoms with Gasteiger partial charge in [0.2, 0.25) is 5.95 Å². The van der Waals surface area contributed by atoms with Crippen molar-refractivity contribution < 1.29 is 23.7 Å². The summed E-state index contributed by atoms with van der Waals surface area (Å²) in [4.78, 5) is 40.2. The van der Waals surface area contributed by atoms with Gasteiger partial charge in [-0.05, 0) is 64.1 Å². The van der Waals surface area contributed by atoms with Gasteiger partial charge in [-0.2, -0.15) is 4.98 Å². The standard InChI is InChI=1S/C33H47N7O5SSi/c1-32(2,3)45-31(41)39-18-24(19-39)23-15-35-28(36-16-23)40(22-42-13-14-47(4,5)6)30-37-17-27(46-30)26-9-12-34-29(38-26)44-25-7-10-33(11-8-25)20-43-21-33/h9,12,15-17,24-25H,7-8,10-11,13-14,18-22H2,1-6H3. The van der Waals surface area contributed by atoms with Gasteiger partial charge in [0.1, 0.15) is 18.4 Å². The van der Waals surface area contributed by atoms with E-state index in [9.17, 15) is 4.79 Å². The van der Waals surface area contributed by atoms with Gasteiger partial charge in [0.25, 0.3) is 0 Å². The van der Waals surface area contributed by atoms with Crippen LogP contribution in [0.4, 0.5) is 15.9 Å². The molecule has 6 rings (SSSR count). The van der Waals surface area contributed by atoms with Gasteiger partial charge in [0.15, 0.2) is 5.13 Å². The van der Waals surface area contributed by atoms with Crippen LogP contribution in [0.25, 0.3) is 10.6 Å². The highest BCUT2D eigenvalue weighted by atomic mass is 32.1. The average molecular weight is 682 g/mol. The summed E-state index contributed by atoms with van der Waals surface area (Å²) in [6.07, 6.45) is 11.3. The van der Waals surface area contributed by atoms with E-state index in [1.165, 1.54) is 11.3 Å². The van der Waals surface area contributed by atoms with E-state index >= 15 is 0 Å². The van der Waals surface area contributed by atoms with Crippen LogP contribution >= 0.6 is 11.3 Å². The SMILES string of the molecule is CC(C)(C)OC(=O)N1CC(c2cnc(N(COCC[Si](C)(C)C)c3ncc(-c4ccnc(OC5CCC6(CC5)COC6)n4)s3)nc2)C1. The van der Waals surface area contributed by atoms with Crippen LogP contribution in [0.1, 0.15) is 57.9 Å². The van der Waals surface area contributed by atoms with Crippen LogP contribution in [0.15, 0.2) is 30.9 Å². The first-order valence-corrected chi connectivity index (χ1v) is 21.1. The quantitative estimate of drug-likeness (QED) is 0.125. The number of nitrogens with zero attached hydrogens (tertiary/aromatic N) is 7. The number of rotatable bonds is 11. The second-order valence-corrected chi connectivity index (χ2v) is 21.8. The predicted molar refractivity (Wildman–Crippen MR) is 183 cm³/mol. The maximum atomic E-state index is 12.4. The first-order valence-electron chi connectivity index (χ1n) is 16.5. The van der Waals surface area contributed by atoms with Crippen LogP contribution in [0.5, 0.6) is 6.01 Å². The minimum Gasteiger partial charge on any atom is -0.460 e. The first kappa shape index (κ1) is 33.7. The summed E-state index contributed by atoms with van der Waals surface area (Å²) >= 11 is 1.50. The van der Waals surface area contributed by atoms with Crippen LogP contribution in [0.3, 0.4) is 0 Å². The molecule has 3 aliphatic rings. The average Bonchev–Trinajstić information content (AvgIpc) is 3.45. The summed E-state index contributed by atoms with van der Waals surface area (Å²) in [6, 6.07) is 3.33. The molecule has 1 spiro atoms. The molecule has 0 unspecified atom stereocenters. The van der Waals surface area contributed by atoms with Crippen molar-refractivity contribution in [3.63, 3.8) is 0 Å². The fraction of sp³-hybridized carbons (Fsp3) is 0.636. The summed E-state index contributed by atoms with van der Waals surface area (Å²) in [6.45, 7) is 16.5. The highest BCUT2D eigenvalue weighted by molar-refractivity contribution is 7.18. The number of carbonyl (C=O) groups is 1. The molecule has 47 heavy (non-hydrogen) atoms. The summed E-state index contributed by atoms with van der Waals surface area (Å²) < 4.78 is 23.3. The van der Waals surface area contributed by atoms with Crippen molar-refractivity contribution in [3.05, 3.63) is 36.4 Å². The Kier molecular flexibility index (Phi) is 9.84. The Morgan fingerprint density at radius 3 is 2.45 bits per heavy atom. The number of ether oxygens (including phenoxy) is 4. The number of hydrogen-bond acceptors (Lipinski definition) is 12. The Morgan fingerprint density at radius 2 is 1.81 bits per heavy atom. The van der Waals surface area contributed by atoms with Gasteiger partial charge in [-0.25, -0.2) is 24.7 Å². The van der Waals surface area contributed by atoms with Crippen molar-refractivity contribution >= 4 is 36.6 Å². The Balaban J connectivity index is 1.12. The molecule has 3 fully saturated rings. The molecule has 1 amide bonds. The molecule has 1 aliphatic carbocycles. The zero-order valence-corrected chi connectivity index (χ0v) is 30.2. The van der Waals surface area contributed by atoms with Gasteiger partial charge in [-0.1, -0.05) is 31.0 Å². The molecule has 0 radical (unpaired) electrons. The largest absolute Gasteiger partial charge is 0.460 e. The zero-order chi connectivity index (χ0) is 33.2. The molecular weight excluding hydrogens is 635 g/mol. The lowest BCUT2D eigenvalue weighted by Crippen LogP contribution is -2.50. The number of aromatic nitrogens is 5. The molecule has 3 aromatic heterocycles. The van der Waals surface area contributed by atoms with Crippen LogP contribution in [0, 0.1) is 5.41 Å². The van der Waals surface area contributed by atoms with E-state index in [0.717, 1.165) is 61.1 Å². The highest BCUT2D eigenvalue weighted by Crippen LogP contribution is 2.43. The molecule has 254 valence electrons. The summed E-state index contributed by atoms with van der Waals surface area (Å²) in [5.41, 5.74) is 1.59. The molecule has 0 N–H and O–H groups in total. The van der Waals surface area contributed by atoms with E-state index in [4.69, 9.17) is 38.9 Å². The second kappa shape index (κ2) is 13.7. The third-order valence-corrected chi connectivity index (χ3v) is 11.6. The van der Waals surface area contributed by atoms with E-state index < -0.39 is 13.7 Å². The summed E-state index contributed by atoms with van der Waals surface area (Å²) in [7, 11) is -1.26. The van der Waals surface area contributed by atoms with Crippen molar-refractivity contribution in [1.82, 2.24) is 29.8 Å². The Labute approximate surface area is 282 Å². The van der Waals surface area contributed by atoms with Gasteiger partial charge in [-0.15, -0.1) is 0 Å². The molecular formula is C33H47N7O5SSi. The van der Waals surface area contributed by atoms with E-state index in [1.807, 2.05) is 50.3 Å². The lowest BCUT2D eigenvalue weighted by atomic mass is 9.72. The smallest absolute Gasteiger partial charge is 0.410 e. The van der Waals surface area contributed by atoms with Crippen molar-refractivity contribution in [2.45, 2.75) is 89.8 Å². The van der Waals surface area contributed by atoms with Crippen LogP contribution in [-0.2, 0) is 14.2 Å². The molecule has 5 heterocycles. The molecule has 12 nitrogen and oxygen atoms in total. The molecule has 0 bridgehead atoms. The number of carbonyl (C=O) groups excluding carboxylic acids is 1. The Morgan fingerprint density at radius 1 is 1.09 bits per heavy atom. The van der Waals surface area contributed by atoms with E-state index in [-0.39, 0.29) is 24.8 Å². The van der Waals surface area contributed by atoms with Crippen LogP contribution in [-0.4, -0.2) is 95.3 Å². The minimum absolute atomic E-state index is 0.123. The number of hydrogen-bond donors (Lipinski definition) is 0.